The van der Waals surface area contributed by atoms with Gasteiger partial charge in [0.15, 0.2) is 0 Å². The lowest BCUT2D eigenvalue weighted by Crippen LogP contribution is -2.14. The van der Waals surface area contributed by atoms with Gasteiger partial charge in [0.25, 0.3) is 0 Å². The van der Waals surface area contributed by atoms with E-state index in [1.807, 2.05) is 12.1 Å². The van der Waals surface area contributed by atoms with Crippen LogP contribution in [0.5, 0.6) is 0 Å². The Morgan fingerprint density at radius 3 is 2.88 bits per heavy atom. The van der Waals surface area contributed by atoms with Crippen LogP contribution in [0.25, 0.3) is 10.6 Å². The molecule has 0 radical (unpaired) electrons. The third kappa shape index (κ3) is 3.17. The summed E-state index contributed by atoms with van der Waals surface area (Å²) in [6, 6.07) is 4.23. The van der Waals surface area contributed by atoms with Crippen molar-refractivity contribution in [2.45, 2.75) is 26.3 Å². The highest BCUT2D eigenvalue weighted by Gasteiger charge is 2.06. The summed E-state index contributed by atoms with van der Waals surface area (Å²) in [4.78, 5) is 9.76. The Morgan fingerprint density at radius 2 is 2.24 bits per heavy atom. The van der Waals surface area contributed by atoms with Crippen molar-refractivity contribution in [2.24, 2.45) is 0 Å². The highest BCUT2D eigenvalue weighted by Crippen LogP contribution is 2.29. The van der Waals surface area contributed by atoms with Crippen LogP contribution in [0.15, 0.2) is 24.5 Å². The first kappa shape index (κ1) is 12.3. The monoisotopic (exact) mass is 267 g/mol. The van der Waals surface area contributed by atoms with Gasteiger partial charge in [-0.3, -0.25) is 4.98 Å². The van der Waals surface area contributed by atoms with Gasteiger partial charge in [0.2, 0.25) is 0 Å². The number of nitrogens with one attached hydrogen (secondary N) is 1. The normalized spacial score (nSPS) is 12.4. The van der Waals surface area contributed by atoms with E-state index in [-0.39, 0.29) is 0 Å². The zero-order valence-electron chi connectivity index (χ0n) is 9.77. The first-order valence-electron chi connectivity index (χ1n) is 5.53. The van der Waals surface area contributed by atoms with Crippen molar-refractivity contribution >= 4 is 28.8 Å². The van der Waals surface area contributed by atoms with Crippen molar-refractivity contribution in [1.29, 1.82) is 0 Å². The number of rotatable bonds is 4. The lowest BCUT2D eigenvalue weighted by molar-refractivity contribution is 0.758. The quantitative estimate of drug-likeness (QED) is 0.907. The van der Waals surface area contributed by atoms with Gasteiger partial charge in [-0.2, -0.15) is 0 Å². The molecule has 1 N–H and O–H groups in total. The standard InChI is InChI=1S/C12H14ClN3S/c1-3-8(2)15-12-7-14-6-9(16-12)10-4-5-11(13)17-10/h4-8H,3H2,1-2H3,(H,15,16). The molecule has 1 atom stereocenters. The van der Waals surface area contributed by atoms with Gasteiger partial charge < -0.3 is 5.32 Å². The van der Waals surface area contributed by atoms with Crippen molar-refractivity contribution in [3.63, 3.8) is 0 Å². The third-order valence-electron chi connectivity index (χ3n) is 2.47. The molecule has 0 bridgehead atoms. The zero-order valence-corrected chi connectivity index (χ0v) is 11.3. The molecule has 90 valence electrons. The number of aromatic nitrogens is 2. The van der Waals surface area contributed by atoms with Crippen LogP contribution in [0.3, 0.4) is 0 Å². The van der Waals surface area contributed by atoms with E-state index >= 15 is 0 Å². The molecule has 0 aliphatic carbocycles. The second-order valence-electron chi connectivity index (χ2n) is 3.85. The molecule has 0 spiro atoms. The van der Waals surface area contributed by atoms with Crippen LogP contribution in [-0.4, -0.2) is 16.0 Å². The highest BCUT2D eigenvalue weighted by molar-refractivity contribution is 7.19. The van der Waals surface area contributed by atoms with Crippen LogP contribution in [0.2, 0.25) is 4.34 Å². The molecule has 1 unspecified atom stereocenters. The van der Waals surface area contributed by atoms with Gasteiger partial charge in [-0.25, -0.2) is 4.98 Å². The van der Waals surface area contributed by atoms with Crippen LogP contribution in [0, 0.1) is 0 Å². The smallest absolute Gasteiger partial charge is 0.145 e. The largest absolute Gasteiger partial charge is 0.366 e. The van der Waals surface area contributed by atoms with E-state index in [2.05, 4.69) is 29.1 Å². The van der Waals surface area contributed by atoms with Crippen LogP contribution < -0.4 is 5.32 Å². The van der Waals surface area contributed by atoms with Crippen molar-refractivity contribution in [2.75, 3.05) is 5.32 Å². The Balaban J connectivity index is 2.22. The second kappa shape index (κ2) is 5.47. The minimum absolute atomic E-state index is 0.395. The lowest BCUT2D eigenvalue weighted by Gasteiger charge is -2.11. The topological polar surface area (TPSA) is 37.8 Å². The van der Waals surface area contributed by atoms with E-state index < -0.39 is 0 Å². The van der Waals surface area contributed by atoms with Gasteiger partial charge >= 0.3 is 0 Å². The predicted molar refractivity (Wildman–Crippen MR) is 73.7 cm³/mol. The molecule has 17 heavy (non-hydrogen) atoms. The number of hydrogen-bond acceptors (Lipinski definition) is 4. The van der Waals surface area contributed by atoms with Crippen LogP contribution in [-0.2, 0) is 0 Å². The van der Waals surface area contributed by atoms with Gasteiger partial charge in [0, 0.05) is 6.04 Å². The van der Waals surface area contributed by atoms with Gasteiger partial charge in [-0.15, -0.1) is 11.3 Å². The summed E-state index contributed by atoms with van der Waals surface area (Å²) in [7, 11) is 0. The third-order valence-corrected chi connectivity index (χ3v) is 3.72. The maximum Gasteiger partial charge on any atom is 0.145 e. The summed E-state index contributed by atoms with van der Waals surface area (Å²) in [6.45, 7) is 4.25. The van der Waals surface area contributed by atoms with Crippen molar-refractivity contribution in [3.8, 4) is 10.6 Å². The van der Waals surface area contributed by atoms with Crippen LogP contribution in [0.1, 0.15) is 20.3 Å². The molecule has 2 aromatic heterocycles. The minimum atomic E-state index is 0.395. The number of nitrogens with zero attached hydrogens (tertiary/aromatic N) is 2. The Morgan fingerprint density at radius 1 is 1.41 bits per heavy atom. The SMILES string of the molecule is CCC(C)Nc1cncc(-c2ccc(Cl)s2)n1. The molecule has 0 aliphatic rings. The average molecular weight is 268 g/mol. The molecule has 0 aromatic carbocycles. The van der Waals surface area contributed by atoms with E-state index in [1.54, 1.807) is 12.4 Å². The van der Waals surface area contributed by atoms with Crippen LogP contribution in [0.4, 0.5) is 5.82 Å². The van der Waals surface area contributed by atoms with Gasteiger partial charge in [-0.1, -0.05) is 18.5 Å². The molecule has 0 amide bonds. The van der Waals surface area contributed by atoms with E-state index in [0.29, 0.717) is 6.04 Å². The summed E-state index contributed by atoms with van der Waals surface area (Å²) >= 11 is 7.42. The Labute approximate surface area is 110 Å². The molecule has 0 saturated heterocycles. The van der Waals surface area contributed by atoms with Gasteiger partial charge in [0.1, 0.15) is 11.5 Å². The van der Waals surface area contributed by atoms with Crippen molar-refractivity contribution in [1.82, 2.24) is 9.97 Å². The fourth-order valence-electron chi connectivity index (χ4n) is 1.36. The molecule has 3 nitrogen and oxygen atoms in total. The Hall–Kier alpha value is -1.13. The van der Waals surface area contributed by atoms with E-state index in [4.69, 9.17) is 11.6 Å². The van der Waals surface area contributed by atoms with E-state index in [1.165, 1.54) is 11.3 Å². The van der Waals surface area contributed by atoms with Crippen molar-refractivity contribution < 1.29 is 0 Å². The van der Waals surface area contributed by atoms with Crippen LogP contribution >= 0.6 is 22.9 Å². The maximum atomic E-state index is 5.91. The molecule has 2 rings (SSSR count). The number of thiophene rings is 1. The molecule has 0 fully saturated rings. The summed E-state index contributed by atoms with van der Waals surface area (Å²) in [6.07, 6.45) is 4.55. The van der Waals surface area contributed by atoms with Gasteiger partial charge in [-0.05, 0) is 25.5 Å². The van der Waals surface area contributed by atoms with Crippen molar-refractivity contribution in [3.05, 3.63) is 28.9 Å². The molecule has 0 aliphatic heterocycles. The summed E-state index contributed by atoms with van der Waals surface area (Å²) in [5, 5.41) is 3.31. The fraction of sp³-hybridized carbons (Fsp3) is 0.333. The summed E-state index contributed by atoms with van der Waals surface area (Å²) < 4.78 is 0.766. The van der Waals surface area contributed by atoms with E-state index in [0.717, 1.165) is 27.1 Å². The number of halogens is 1. The maximum absolute atomic E-state index is 5.91. The average Bonchev–Trinajstić information content (AvgIpc) is 2.76. The molecular formula is C12H14ClN3S. The minimum Gasteiger partial charge on any atom is -0.366 e. The second-order valence-corrected chi connectivity index (χ2v) is 5.56. The number of anilines is 1. The summed E-state index contributed by atoms with van der Waals surface area (Å²) in [5.74, 6) is 0.807. The summed E-state index contributed by atoms with van der Waals surface area (Å²) in [5.41, 5.74) is 0.857. The molecular weight excluding hydrogens is 254 g/mol. The zero-order chi connectivity index (χ0) is 12.3. The molecule has 0 saturated carbocycles. The fourth-order valence-corrected chi connectivity index (χ4v) is 2.36. The first-order chi connectivity index (χ1) is 8.19. The lowest BCUT2D eigenvalue weighted by atomic mass is 10.2. The Kier molecular flexibility index (Phi) is 3.97. The number of hydrogen-bond donors (Lipinski definition) is 1. The molecule has 5 heteroatoms. The first-order valence-corrected chi connectivity index (χ1v) is 6.72. The highest BCUT2D eigenvalue weighted by atomic mass is 35.5. The molecule has 2 heterocycles. The van der Waals surface area contributed by atoms with Gasteiger partial charge in [0.05, 0.1) is 21.6 Å². The predicted octanol–water partition coefficient (Wildman–Crippen LogP) is 4.07. The Bertz CT molecular complexity index is 498. The van der Waals surface area contributed by atoms with E-state index in [9.17, 15) is 0 Å². The molecule has 2 aromatic rings.